The molecule has 0 spiro atoms. The van der Waals surface area contributed by atoms with Crippen molar-refractivity contribution in [3.05, 3.63) is 29.6 Å². The van der Waals surface area contributed by atoms with Crippen LogP contribution in [0.15, 0.2) is 18.2 Å². The summed E-state index contributed by atoms with van der Waals surface area (Å²) in [6.07, 6.45) is 1.68. The number of ether oxygens (including phenoxy) is 1. The lowest BCUT2D eigenvalue weighted by atomic mass is 10.0. The van der Waals surface area contributed by atoms with E-state index < -0.39 is 0 Å². The van der Waals surface area contributed by atoms with Gasteiger partial charge in [-0.05, 0) is 38.0 Å². The van der Waals surface area contributed by atoms with Crippen LogP contribution in [0.2, 0.25) is 0 Å². The Labute approximate surface area is 119 Å². The number of nitrogens with zero attached hydrogens (tertiary/aromatic N) is 2. The van der Waals surface area contributed by atoms with E-state index in [0.29, 0.717) is 6.61 Å². The Hall–Kier alpha value is -1.84. The first kappa shape index (κ1) is 14.6. The number of hydrogen-bond acceptors (Lipinski definition) is 3. The fraction of sp³-hybridized carbons (Fsp3) is 0.500. The fourth-order valence-electron chi connectivity index (χ4n) is 2.52. The lowest BCUT2D eigenvalue weighted by Crippen LogP contribution is -2.19. The van der Waals surface area contributed by atoms with Crippen LogP contribution in [-0.4, -0.2) is 22.1 Å². The van der Waals surface area contributed by atoms with Crippen LogP contribution >= 0.6 is 0 Å². The quantitative estimate of drug-likeness (QED) is 0.785. The van der Waals surface area contributed by atoms with E-state index in [1.54, 1.807) is 0 Å². The monoisotopic (exact) mass is 274 g/mol. The number of benzene rings is 1. The van der Waals surface area contributed by atoms with E-state index in [4.69, 9.17) is 4.74 Å². The zero-order valence-electron chi connectivity index (χ0n) is 12.6. The van der Waals surface area contributed by atoms with Crippen LogP contribution in [0, 0.1) is 6.92 Å². The molecule has 0 fully saturated rings. The highest BCUT2D eigenvalue weighted by molar-refractivity contribution is 5.81. The first-order valence-electron chi connectivity index (χ1n) is 7.18. The highest BCUT2D eigenvalue weighted by atomic mass is 16.5. The zero-order valence-corrected chi connectivity index (χ0v) is 12.6. The summed E-state index contributed by atoms with van der Waals surface area (Å²) in [5, 5.41) is 0. The molecule has 0 radical (unpaired) electrons. The molecule has 0 aliphatic carbocycles. The molecule has 2 rings (SSSR count). The Morgan fingerprint density at radius 1 is 1.40 bits per heavy atom. The summed E-state index contributed by atoms with van der Waals surface area (Å²) in [4.78, 5) is 16.8. The fourth-order valence-corrected chi connectivity index (χ4v) is 2.52. The van der Waals surface area contributed by atoms with Gasteiger partial charge in [0.05, 0.1) is 17.6 Å². The summed E-state index contributed by atoms with van der Waals surface area (Å²) in [6.45, 7) is 6.35. The standard InChI is InChI=1S/C16H22N2O2/c1-5-7-12(16(19)20-6-2)15-17-13-10-11(3)8-9-14(13)18(15)4/h8-10,12H,5-7H2,1-4H3. The average Bonchev–Trinajstić information content (AvgIpc) is 2.72. The number of aryl methyl sites for hydroxylation is 2. The zero-order chi connectivity index (χ0) is 14.7. The second kappa shape index (κ2) is 6.07. The smallest absolute Gasteiger partial charge is 0.316 e. The van der Waals surface area contributed by atoms with Gasteiger partial charge >= 0.3 is 5.97 Å². The number of carbonyl (C=O) groups is 1. The number of imidazole rings is 1. The molecule has 0 aliphatic rings. The molecule has 1 atom stereocenters. The van der Waals surface area contributed by atoms with Crippen LogP contribution in [-0.2, 0) is 16.6 Å². The van der Waals surface area contributed by atoms with Crippen molar-refractivity contribution in [1.29, 1.82) is 0 Å². The van der Waals surface area contributed by atoms with E-state index in [0.717, 1.165) is 29.7 Å². The van der Waals surface area contributed by atoms with Crippen LogP contribution in [0.1, 0.15) is 44.0 Å². The van der Waals surface area contributed by atoms with Crippen LogP contribution in [0.5, 0.6) is 0 Å². The number of carbonyl (C=O) groups excluding carboxylic acids is 1. The summed E-state index contributed by atoms with van der Waals surface area (Å²) < 4.78 is 7.20. The minimum absolute atomic E-state index is 0.176. The van der Waals surface area contributed by atoms with Crippen LogP contribution in [0.4, 0.5) is 0 Å². The molecule has 2 aromatic rings. The van der Waals surface area contributed by atoms with Crippen molar-refractivity contribution in [2.45, 2.75) is 39.5 Å². The van der Waals surface area contributed by atoms with E-state index >= 15 is 0 Å². The molecule has 1 aromatic heterocycles. The van der Waals surface area contributed by atoms with E-state index in [9.17, 15) is 4.79 Å². The third-order valence-electron chi connectivity index (χ3n) is 3.53. The maximum absolute atomic E-state index is 12.2. The topological polar surface area (TPSA) is 44.1 Å². The van der Waals surface area contributed by atoms with E-state index in [-0.39, 0.29) is 11.9 Å². The van der Waals surface area contributed by atoms with Gasteiger partial charge in [-0.2, -0.15) is 0 Å². The number of esters is 1. The molecule has 0 saturated heterocycles. The van der Waals surface area contributed by atoms with Gasteiger partial charge in [-0.15, -0.1) is 0 Å². The lowest BCUT2D eigenvalue weighted by Gasteiger charge is -2.14. The summed E-state index contributed by atoms with van der Waals surface area (Å²) in [7, 11) is 1.96. The minimum atomic E-state index is -0.280. The molecule has 4 heteroatoms. The molecule has 108 valence electrons. The van der Waals surface area contributed by atoms with Crippen molar-refractivity contribution in [1.82, 2.24) is 9.55 Å². The third-order valence-corrected chi connectivity index (χ3v) is 3.53. The second-order valence-electron chi connectivity index (χ2n) is 5.11. The molecule has 1 unspecified atom stereocenters. The summed E-state index contributed by atoms with van der Waals surface area (Å²) in [5.74, 6) is 0.341. The highest BCUT2D eigenvalue weighted by Gasteiger charge is 2.26. The molecule has 1 heterocycles. The normalized spacial score (nSPS) is 12.6. The molecular weight excluding hydrogens is 252 g/mol. The van der Waals surface area contributed by atoms with Crippen molar-refractivity contribution < 1.29 is 9.53 Å². The molecule has 0 bridgehead atoms. The maximum atomic E-state index is 12.2. The van der Waals surface area contributed by atoms with Gasteiger partial charge < -0.3 is 9.30 Å². The largest absolute Gasteiger partial charge is 0.465 e. The van der Waals surface area contributed by atoms with Crippen molar-refractivity contribution in [2.24, 2.45) is 7.05 Å². The van der Waals surface area contributed by atoms with Gasteiger partial charge in [-0.3, -0.25) is 4.79 Å². The van der Waals surface area contributed by atoms with Crippen molar-refractivity contribution in [3.8, 4) is 0 Å². The van der Waals surface area contributed by atoms with Gasteiger partial charge in [-0.1, -0.05) is 19.4 Å². The molecule has 0 N–H and O–H groups in total. The van der Waals surface area contributed by atoms with Gasteiger partial charge in [0.2, 0.25) is 0 Å². The van der Waals surface area contributed by atoms with Crippen molar-refractivity contribution in [3.63, 3.8) is 0 Å². The number of rotatable bonds is 5. The van der Waals surface area contributed by atoms with E-state index in [2.05, 4.69) is 24.0 Å². The van der Waals surface area contributed by atoms with Gasteiger partial charge in [0.1, 0.15) is 11.7 Å². The van der Waals surface area contributed by atoms with Crippen LogP contribution in [0.3, 0.4) is 0 Å². The van der Waals surface area contributed by atoms with Gasteiger partial charge in [-0.25, -0.2) is 4.98 Å². The molecular formula is C16H22N2O2. The van der Waals surface area contributed by atoms with E-state index in [1.807, 2.05) is 31.5 Å². The first-order valence-corrected chi connectivity index (χ1v) is 7.18. The maximum Gasteiger partial charge on any atom is 0.316 e. The van der Waals surface area contributed by atoms with Gasteiger partial charge in [0.25, 0.3) is 0 Å². The van der Waals surface area contributed by atoms with Crippen LogP contribution < -0.4 is 0 Å². The van der Waals surface area contributed by atoms with Gasteiger partial charge in [0, 0.05) is 7.05 Å². The Morgan fingerprint density at radius 3 is 2.80 bits per heavy atom. The summed E-state index contributed by atoms with van der Waals surface area (Å²) >= 11 is 0. The molecule has 4 nitrogen and oxygen atoms in total. The number of aromatic nitrogens is 2. The first-order chi connectivity index (χ1) is 9.58. The van der Waals surface area contributed by atoms with Gasteiger partial charge in [0.15, 0.2) is 0 Å². The van der Waals surface area contributed by atoms with E-state index in [1.165, 1.54) is 5.56 Å². The number of hydrogen-bond donors (Lipinski definition) is 0. The molecule has 0 aliphatic heterocycles. The lowest BCUT2D eigenvalue weighted by molar-refractivity contribution is -0.145. The number of fused-ring (bicyclic) bond motifs is 1. The third kappa shape index (κ3) is 2.69. The second-order valence-corrected chi connectivity index (χ2v) is 5.11. The highest BCUT2D eigenvalue weighted by Crippen LogP contribution is 2.26. The molecule has 1 aromatic carbocycles. The van der Waals surface area contributed by atoms with Crippen LogP contribution in [0.25, 0.3) is 11.0 Å². The predicted molar refractivity (Wildman–Crippen MR) is 79.7 cm³/mol. The van der Waals surface area contributed by atoms with Crippen molar-refractivity contribution >= 4 is 17.0 Å². The predicted octanol–water partition coefficient (Wildman–Crippen LogP) is 3.33. The Balaban J connectivity index is 2.47. The molecule has 20 heavy (non-hydrogen) atoms. The Bertz CT molecular complexity index is 616. The molecule has 0 saturated carbocycles. The van der Waals surface area contributed by atoms with Crippen molar-refractivity contribution in [2.75, 3.05) is 6.61 Å². The molecule has 0 amide bonds. The summed E-state index contributed by atoms with van der Waals surface area (Å²) in [6, 6.07) is 6.16. The Kier molecular flexibility index (Phi) is 4.42. The Morgan fingerprint density at radius 2 is 2.15 bits per heavy atom. The summed E-state index contributed by atoms with van der Waals surface area (Å²) in [5.41, 5.74) is 3.16. The minimum Gasteiger partial charge on any atom is -0.465 e. The average molecular weight is 274 g/mol. The SMILES string of the molecule is CCCC(C(=O)OCC)c1nc2cc(C)ccc2n1C.